The number of para-hydroxylation sites is 2. The first-order valence-corrected chi connectivity index (χ1v) is 9.02. The number of H-pyrrole nitrogens is 2. The molecule has 136 valence electrons. The molecule has 0 bridgehead atoms. The van der Waals surface area contributed by atoms with Crippen molar-refractivity contribution >= 4 is 17.0 Å². The summed E-state index contributed by atoms with van der Waals surface area (Å²) in [4.78, 5) is 29.0. The minimum absolute atomic E-state index is 0.179. The molecule has 0 aliphatic carbocycles. The number of rotatable bonds is 6. The number of hydrogen-bond acceptors (Lipinski definition) is 4. The highest BCUT2D eigenvalue weighted by molar-refractivity contribution is 5.74. The number of aliphatic carboxylic acids is 1. The molecule has 1 aromatic carbocycles. The third-order valence-corrected chi connectivity index (χ3v) is 5.26. The van der Waals surface area contributed by atoms with E-state index in [0.717, 1.165) is 55.0 Å². The van der Waals surface area contributed by atoms with Gasteiger partial charge in [0.2, 0.25) is 0 Å². The van der Waals surface area contributed by atoms with Crippen LogP contribution >= 0.6 is 0 Å². The molecule has 1 aliphatic rings. The molecule has 1 fully saturated rings. The van der Waals surface area contributed by atoms with Gasteiger partial charge in [-0.1, -0.05) is 12.1 Å². The molecular weight excluding hydrogens is 330 g/mol. The third-order valence-electron chi connectivity index (χ3n) is 5.26. The van der Waals surface area contributed by atoms with Crippen molar-refractivity contribution in [2.75, 3.05) is 13.1 Å². The van der Waals surface area contributed by atoms with E-state index in [-0.39, 0.29) is 18.3 Å². The first-order valence-electron chi connectivity index (χ1n) is 9.02. The van der Waals surface area contributed by atoms with Crippen LogP contribution in [0.4, 0.5) is 0 Å². The van der Waals surface area contributed by atoms with E-state index in [1.165, 1.54) is 0 Å². The lowest BCUT2D eigenvalue weighted by molar-refractivity contribution is -0.139. The van der Waals surface area contributed by atoms with Gasteiger partial charge in [-0.2, -0.15) is 0 Å². The summed E-state index contributed by atoms with van der Waals surface area (Å²) in [7, 11) is 0. The summed E-state index contributed by atoms with van der Waals surface area (Å²) in [6.45, 7) is 2.60. The Morgan fingerprint density at radius 1 is 1.31 bits per heavy atom. The van der Waals surface area contributed by atoms with Gasteiger partial charge in [0.15, 0.2) is 0 Å². The Labute approximate surface area is 151 Å². The zero-order chi connectivity index (χ0) is 17.9. The number of imidazole rings is 2. The van der Waals surface area contributed by atoms with Crippen LogP contribution in [0.2, 0.25) is 0 Å². The summed E-state index contributed by atoms with van der Waals surface area (Å²) >= 11 is 0. The van der Waals surface area contributed by atoms with Gasteiger partial charge in [-0.3, -0.25) is 9.69 Å². The molecule has 2 unspecified atom stereocenters. The minimum atomic E-state index is -0.716. The Bertz CT molecular complexity index is 840. The van der Waals surface area contributed by atoms with E-state index in [0.29, 0.717) is 0 Å². The van der Waals surface area contributed by atoms with Crippen LogP contribution in [0.3, 0.4) is 0 Å². The van der Waals surface area contributed by atoms with Gasteiger partial charge in [-0.05, 0) is 36.9 Å². The summed E-state index contributed by atoms with van der Waals surface area (Å²) in [6.07, 6.45) is 5.43. The first kappa shape index (κ1) is 16.8. The molecule has 0 spiro atoms. The zero-order valence-electron chi connectivity index (χ0n) is 14.6. The molecule has 3 heterocycles. The van der Waals surface area contributed by atoms with E-state index in [1.807, 2.05) is 30.5 Å². The molecular formula is C19H23N5O2. The molecule has 7 nitrogen and oxygen atoms in total. The quantitative estimate of drug-likeness (QED) is 0.632. The van der Waals surface area contributed by atoms with E-state index in [4.69, 9.17) is 0 Å². The fraction of sp³-hybridized carbons (Fsp3) is 0.421. The van der Waals surface area contributed by atoms with Crippen LogP contribution in [0.15, 0.2) is 36.8 Å². The van der Waals surface area contributed by atoms with Crippen molar-refractivity contribution in [1.29, 1.82) is 0 Å². The second-order valence-electron chi connectivity index (χ2n) is 7.12. The highest BCUT2D eigenvalue weighted by Crippen LogP contribution is 2.30. The van der Waals surface area contributed by atoms with Crippen LogP contribution in [0.1, 0.15) is 24.4 Å². The Morgan fingerprint density at radius 2 is 2.19 bits per heavy atom. The molecule has 4 rings (SSSR count). The number of fused-ring (bicyclic) bond motifs is 1. The van der Waals surface area contributed by atoms with Gasteiger partial charge in [-0.15, -0.1) is 0 Å². The number of benzene rings is 1. The largest absolute Gasteiger partial charge is 0.481 e. The molecule has 0 radical (unpaired) electrons. The molecule has 7 heteroatoms. The van der Waals surface area contributed by atoms with Crippen molar-refractivity contribution in [2.24, 2.45) is 11.8 Å². The lowest BCUT2D eigenvalue weighted by Gasteiger charge is -2.37. The first-order chi connectivity index (χ1) is 12.7. The number of likely N-dealkylation sites (tertiary alicyclic amines) is 1. The van der Waals surface area contributed by atoms with Gasteiger partial charge in [0.05, 0.1) is 17.4 Å². The van der Waals surface area contributed by atoms with Crippen molar-refractivity contribution < 1.29 is 9.90 Å². The third kappa shape index (κ3) is 3.77. The maximum absolute atomic E-state index is 11.3. The maximum Gasteiger partial charge on any atom is 0.303 e. The summed E-state index contributed by atoms with van der Waals surface area (Å²) in [5, 5.41) is 9.29. The van der Waals surface area contributed by atoms with E-state index in [1.54, 1.807) is 6.33 Å². The predicted molar refractivity (Wildman–Crippen MR) is 97.5 cm³/mol. The average Bonchev–Trinajstić information content (AvgIpc) is 3.25. The number of aromatic nitrogens is 4. The van der Waals surface area contributed by atoms with E-state index in [2.05, 4.69) is 24.8 Å². The van der Waals surface area contributed by atoms with Crippen molar-refractivity contribution in [1.82, 2.24) is 24.8 Å². The van der Waals surface area contributed by atoms with Crippen LogP contribution in [0.25, 0.3) is 11.0 Å². The SMILES string of the molecule is O=C(O)CC1CCN(Cc2cnc[nH]2)CC1Cc1nc2ccccc2[nH]1. The number of carboxylic acids is 1. The second-order valence-corrected chi connectivity index (χ2v) is 7.12. The number of aromatic amines is 2. The number of carbonyl (C=O) groups is 1. The van der Waals surface area contributed by atoms with Crippen molar-refractivity contribution in [3.05, 3.63) is 48.3 Å². The van der Waals surface area contributed by atoms with E-state index < -0.39 is 5.97 Å². The predicted octanol–water partition coefficient (Wildman–Crippen LogP) is 2.44. The van der Waals surface area contributed by atoms with Crippen LogP contribution in [0.5, 0.6) is 0 Å². The fourth-order valence-electron chi connectivity index (χ4n) is 3.99. The normalized spacial score (nSPS) is 21.2. The summed E-state index contributed by atoms with van der Waals surface area (Å²) < 4.78 is 0. The Hall–Kier alpha value is -2.67. The second kappa shape index (κ2) is 7.29. The number of carboxylic acid groups (broad SMARTS) is 1. The van der Waals surface area contributed by atoms with E-state index in [9.17, 15) is 9.90 Å². The lowest BCUT2D eigenvalue weighted by atomic mass is 9.81. The van der Waals surface area contributed by atoms with E-state index >= 15 is 0 Å². The lowest BCUT2D eigenvalue weighted by Crippen LogP contribution is -2.41. The zero-order valence-corrected chi connectivity index (χ0v) is 14.6. The van der Waals surface area contributed by atoms with Gasteiger partial charge in [0, 0.05) is 37.8 Å². The van der Waals surface area contributed by atoms with Gasteiger partial charge in [0.1, 0.15) is 5.82 Å². The molecule has 3 aromatic rings. The van der Waals surface area contributed by atoms with Crippen molar-refractivity contribution in [3.8, 4) is 0 Å². The fourth-order valence-corrected chi connectivity index (χ4v) is 3.99. The highest BCUT2D eigenvalue weighted by Gasteiger charge is 2.31. The molecule has 0 amide bonds. The molecule has 2 atom stereocenters. The van der Waals surface area contributed by atoms with Crippen LogP contribution in [-0.2, 0) is 17.8 Å². The van der Waals surface area contributed by atoms with Crippen molar-refractivity contribution in [3.63, 3.8) is 0 Å². The average molecular weight is 353 g/mol. The van der Waals surface area contributed by atoms with Gasteiger partial charge < -0.3 is 15.1 Å². The summed E-state index contributed by atoms with van der Waals surface area (Å²) in [6, 6.07) is 7.98. The number of piperidine rings is 1. The maximum atomic E-state index is 11.3. The molecule has 2 aromatic heterocycles. The minimum Gasteiger partial charge on any atom is -0.481 e. The Kier molecular flexibility index (Phi) is 4.71. The Morgan fingerprint density at radius 3 is 2.96 bits per heavy atom. The molecule has 3 N–H and O–H groups in total. The number of hydrogen-bond donors (Lipinski definition) is 3. The summed E-state index contributed by atoms with van der Waals surface area (Å²) in [5.41, 5.74) is 3.08. The van der Waals surface area contributed by atoms with Crippen LogP contribution < -0.4 is 0 Å². The summed E-state index contributed by atoms with van der Waals surface area (Å²) in [5.74, 6) is 0.670. The van der Waals surface area contributed by atoms with Gasteiger partial charge in [-0.25, -0.2) is 9.97 Å². The standard InChI is InChI=1S/C19H23N5O2/c25-19(26)8-13-5-6-24(11-15-9-20-12-21-15)10-14(13)7-18-22-16-3-1-2-4-17(16)23-18/h1-4,9,12-14H,5-8,10-11H2,(H,20,21)(H,22,23)(H,25,26). The topological polar surface area (TPSA) is 97.9 Å². The van der Waals surface area contributed by atoms with Gasteiger partial charge >= 0.3 is 5.97 Å². The smallest absolute Gasteiger partial charge is 0.303 e. The molecule has 1 aliphatic heterocycles. The Balaban J connectivity index is 1.50. The molecule has 1 saturated heterocycles. The van der Waals surface area contributed by atoms with Crippen LogP contribution in [-0.4, -0.2) is 49.0 Å². The highest BCUT2D eigenvalue weighted by atomic mass is 16.4. The monoisotopic (exact) mass is 353 g/mol. The number of nitrogens with zero attached hydrogens (tertiary/aromatic N) is 3. The van der Waals surface area contributed by atoms with Gasteiger partial charge in [0.25, 0.3) is 0 Å². The molecule has 0 saturated carbocycles. The van der Waals surface area contributed by atoms with Crippen molar-refractivity contribution in [2.45, 2.75) is 25.8 Å². The number of nitrogens with one attached hydrogen (secondary N) is 2. The van der Waals surface area contributed by atoms with Crippen LogP contribution in [0, 0.1) is 11.8 Å². The molecule has 26 heavy (non-hydrogen) atoms.